The first kappa shape index (κ1) is 26.4. The van der Waals surface area contributed by atoms with Crippen molar-refractivity contribution in [2.24, 2.45) is 0 Å². The van der Waals surface area contributed by atoms with Crippen LogP contribution in [-0.4, -0.2) is 36.6 Å². The Morgan fingerprint density at radius 2 is 1.11 bits per heavy atom. The van der Waals surface area contributed by atoms with Gasteiger partial charge in [0.25, 0.3) is 0 Å². The molecule has 0 aromatic rings. The number of ether oxygens (including phenoxy) is 1. The molecule has 0 saturated carbocycles. The van der Waals surface area contributed by atoms with E-state index in [1.807, 2.05) is 27.7 Å². The Labute approximate surface area is 119 Å². The van der Waals surface area contributed by atoms with E-state index in [1.165, 1.54) is 0 Å². The molecule has 3 nitrogen and oxygen atoms in total. The molecule has 0 aromatic heterocycles. The lowest BCUT2D eigenvalue weighted by molar-refractivity contribution is 0.180. The second kappa shape index (κ2) is 30.1. The number of aliphatic hydroxyl groups is 2. The van der Waals surface area contributed by atoms with Crippen molar-refractivity contribution in [2.75, 3.05) is 26.4 Å². The van der Waals surface area contributed by atoms with Crippen molar-refractivity contribution in [3.05, 3.63) is 49.6 Å². The molecule has 2 N–H and O–H groups in total. The molecule has 0 amide bonds. The van der Waals surface area contributed by atoms with Crippen LogP contribution < -0.4 is 0 Å². The fraction of sp³-hybridized carbons (Fsp3) is 0.500. The molecule has 0 saturated heterocycles. The number of hydrogen-bond donors (Lipinski definition) is 2. The van der Waals surface area contributed by atoms with E-state index in [1.54, 1.807) is 12.2 Å². The summed E-state index contributed by atoms with van der Waals surface area (Å²) in [5.41, 5.74) is 2.10. The predicted molar refractivity (Wildman–Crippen MR) is 86.4 cm³/mol. The Kier molecular flexibility index (Phi) is 41.9. The highest BCUT2D eigenvalue weighted by Gasteiger charge is 1.86. The van der Waals surface area contributed by atoms with Crippen LogP contribution >= 0.6 is 0 Å². The molecule has 19 heavy (non-hydrogen) atoms. The van der Waals surface area contributed by atoms with Crippen LogP contribution in [0.25, 0.3) is 0 Å². The summed E-state index contributed by atoms with van der Waals surface area (Å²) in [7, 11) is 0. The Bertz CT molecular complexity index is 186. The van der Waals surface area contributed by atoms with Gasteiger partial charge in [0.05, 0.1) is 26.4 Å². The standard InChI is InChI=1S/C8H14O.2C3H6.C2H6O2/c1-7(2)5-9-6-8(3)4;2*1-3-2;3-1-2-4/h1,3,5-6H2,2,4H3;2*3H,1H2,2H3;3-4H,1-2H2. The van der Waals surface area contributed by atoms with Crippen LogP contribution in [0.1, 0.15) is 27.7 Å². The number of allylic oxidation sites excluding steroid dienone is 2. The minimum atomic E-state index is -0.125. The SMILES string of the molecule is C=C(C)COCC(=C)C.C=CC.C=CC.OCCO. The summed E-state index contributed by atoms with van der Waals surface area (Å²) in [4.78, 5) is 0. The molecule has 0 bridgehead atoms. The normalized spacial score (nSPS) is 7.26. The van der Waals surface area contributed by atoms with Gasteiger partial charge in [-0.1, -0.05) is 36.5 Å². The minimum absolute atomic E-state index is 0.125. The van der Waals surface area contributed by atoms with Gasteiger partial charge in [-0.2, -0.15) is 0 Å². The molecular formula is C16H32O3. The number of hydrogen-bond acceptors (Lipinski definition) is 3. The van der Waals surface area contributed by atoms with Crippen molar-refractivity contribution in [3.63, 3.8) is 0 Å². The highest BCUT2D eigenvalue weighted by atomic mass is 16.5. The van der Waals surface area contributed by atoms with Crippen molar-refractivity contribution >= 4 is 0 Å². The Balaban J connectivity index is -0.0000000937. The molecule has 0 aromatic carbocycles. The van der Waals surface area contributed by atoms with Crippen LogP contribution in [0.2, 0.25) is 0 Å². The quantitative estimate of drug-likeness (QED) is 0.753. The van der Waals surface area contributed by atoms with Gasteiger partial charge >= 0.3 is 0 Å². The van der Waals surface area contributed by atoms with E-state index >= 15 is 0 Å². The van der Waals surface area contributed by atoms with Crippen molar-refractivity contribution in [3.8, 4) is 0 Å². The van der Waals surface area contributed by atoms with Crippen LogP contribution in [0.4, 0.5) is 0 Å². The van der Waals surface area contributed by atoms with Gasteiger partial charge in [-0.3, -0.25) is 0 Å². The first-order valence-electron chi connectivity index (χ1n) is 6.10. The Morgan fingerprint density at radius 3 is 1.21 bits per heavy atom. The van der Waals surface area contributed by atoms with Gasteiger partial charge in [-0.25, -0.2) is 0 Å². The van der Waals surface area contributed by atoms with Gasteiger partial charge in [0, 0.05) is 0 Å². The average molecular weight is 272 g/mol. The average Bonchev–Trinajstić information content (AvgIpc) is 2.30. The lowest BCUT2D eigenvalue weighted by Gasteiger charge is -2.00. The maximum atomic E-state index is 7.62. The molecule has 0 aliphatic carbocycles. The van der Waals surface area contributed by atoms with Gasteiger partial charge in [0.15, 0.2) is 0 Å². The fourth-order valence-electron chi connectivity index (χ4n) is 0.399. The van der Waals surface area contributed by atoms with Gasteiger partial charge in [0.1, 0.15) is 0 Å². The van der Waals surface area contributed by atoms with E-state index in [-0.39, 0.29) is 13.2 Å². The van der Waals surface area contributed by atoms with Crippen molar-refractivity contribution in [2.45, 2.75) is 27.7 Å². The molecule has 0 radical (unpaired) electrons. The lowest BCUT2D eigenvalue weighted by atomic mass is 10.3. The molecule has 0 unspecified atom stereocenters. The van der Waals surface area contributed by atoms with Gasteiger partial charge in [-0.15, -0.1) is 13.2 Å². The maximum Gasteiger partial charge on any atom is 0.0675 e. The zero-order chi connectivity index (χ0) is 16.1. The van der Waals surface area contributed by atoms with Crippen molar-refractivity contribution in [1.82, 2.24) is 0 Å². The van der Waals surface area contributed by atoms with Crippen LogP contribution in [0, 0.1) is 0 Å². The third-order valence-corrected chi connectivity index (χ3v) is 0.797. The van der Waals surface area contributed by atoms with E-state index in [0.29, 0.717) is 13.2 Å². The fourth-order valence-corrected chi connectivity index (χ4v) is 0.399. The minimum Gasteiger partial charge on any atom is -0.394 e. The van der Waals surface area contributed by atoms with Gasteiger partial charge in [-0.05, 0) is 27.7 Å². The third-order valence-electron chi connectivity index (χ3n) is 0.797. The van der Waals surface area contributed by atoms with Gasteiger partial charge in [0.2, 0.25) is 0 Å². The molecule has 0 fully saturated rings. The first-order chi connectivity index (χ1) is 8.87. The third kappa shape index (κ3) is 109. The monoisotopic (exact) mass is 272 g/mol. The van der Waals surface area contributed by atoms with Gasteiger partial charge < -0.3 is 14.9 Å². The first-order valence-corrected chi connectivity index (χ1v) is 6.10. The van der Waals surface area contributed by atoms with Crippen LogP contribution in [0.3, 0.4) is 0 Å². The van der Waals surface area contributed by atoms with E-state index in [4.69, 9.17) is 14.9 Å². The zero-order valence-electron chi connectivity index (χ0n) is 13.1. The van der Waals surface area contributed by atoms with Crippen LogP contribution in [-0.2, 0) is 4.74 Å². The van der Waals surface area contributed by atoms with E-state index in [2.05, 4.69) is 26.3 Å². The molecular weight excluding hydrogens is 240 g/mol. The van der Waals surface area contributed by atoms with Crippen molar-refractivity contribution in [1.29, 1.82) is 0 Å². The summed E-state index contributed by atoms with van der Waals surface area (Å²) in [6.07, 6.45) is 3.50. The second-order valence-electron chi connectivity index (χ2n) is 3.67. The molecule has 0 aliphatic rings. The van der Waals surface area contributed by atoms with E-state index in [0.717, 1.165) is 11.1 Å². The lowest BCUT2D eigenvalue weighted by Crippen LogP contribution is -1.96. The van der Waals surface area contributed by atoms with E-state index < -0.39 is 0 Å². The molecule has 0 heterocycles. The summed E-state index contributed by atoms with van der Waals surface area (Å²) in [6, 6.07) is 0. The maximum absolute atomic E-state index is 7.62. The number of aliphatic hydroxyl groups excluding tert-OH is 2. The topological polar surface area (TPSA) is 49.7 Å². The van der Waals surface area contributed by atoms with Crippen LogP contribution in [0.5, 0.6) is 0 Å². The van der Waals surface area contributed by atoms with E-state index in [9.17, 15) is 0 Å². The molecule has 0 aliphatic heterocycles. The highest BCUT2D eigenvalue weighted by molar-refractivity contribution is 4.91. The molecule has 0 rings (SSSR count). The summed E-state index contributed by atoms with van der Waals surface area (Å²) >= 11 is 0. The molecule has 3 heteroatoms. The van der Waals surface area contributed by atoms with Crippen molar-refractivity contribution < 1.29 is 14.9 Å². The molecule has 0 atom stereocenters. The zero-order valence-corrected chi connectivity index (χ0v) is 13.1. The highest BCUT2D eigenvalue weighted by Crippen LogP contribution is 1.92. The summed E-state index contributed by atoms with van der Waals surface area (Å²) in [5.74, 6) is 0. The summed E-state index contributed by atoms with van der Waals surface area (Å²) < 4.78 is 5.16. The molecule has 0 spiro atoms. The second-order valence-corrected chi connectivity index (χ2v) is 3.67. The number of rotatable bonds is 5. The Morgan fingerprint density at radius 1 is 0.895 bits per heavy atom. The summed E-state index contributed by atoms with van der Waals surface area (Å²) in [6.45, 7) is 22.8. The summed E-state index contributed by atoms with van der Waals surface area (Å²) in [5, 5.41) is 15.2. The smallest absolute Gasteiger partial charge is 0.0675 e. The molecule has 114 valence electrons. The Hall–Kier alpha value is -1.16. The largest absolute Gasteiger partial charge is 0.394 e. The predicted octanol–water partition coefficient (Wildman–Crippen LogP) is 3.51. The van der Waals surface area contributed by atoms with Crippen LogP contribution in [0.15, 0.2) is 49.6 Å².